The van der Waals surface area contributed by atoms with Gasteiger partial charge in [-0.05, 0) is 58.7 Å². The van der Waals surface area contributed by atoms with E-state index in [9.17, 15) is 22.4 Å². The van der Waals surface area contributed by atoms with Crippen molar-refractivity contribution >= 4 is 50.2 Å². The predicted molar refractivity (Wildman–Crippen MR) is 111 cm³/mol. The number of anilines is 1. The zero-order valence-corrected chi connectivity index (χ0v) is 17.8. The maximum Gasteiger partial charge on any atom is 0.257 e. The zero-order valence-electron chi connectivity index (χ0n) is 15.5. The lowest BCUT2D eigenvalue weighted by atomic mass is 10.1. The van der Waals surface area contributed by atoms with Gasteiger partial charge >= 0.3 is 0 Å². The highest BCUT2D eigenvalue weighted by atomic mass is 79.9. The Labute approximate surface area is 186 Å². The first-order valence-electron chi connectivity index (χ1n) is 8.66. The smallest absolute Gasteiger partial charge is 0.257 e. The van der Waals surface area contributed by atoms with Crippen LogP contribution in [0.4, 0.5) is 23.2 Å². The second kappa shape index (κ2) is 7.97. The van der Waals surface area contributed by atoms with E-state index in [0.29, 0.717) is 11.1 Å². The summed E-state index contributed by atoms with van der Waals surface area (Å²) in [6.45, 7) is 1.57. The van der Waals surface area contributed by atoms with E-state index in [-0.39, 0.29) is 32.8 Å². The largest absolute Gasteiger partial charge is 0.436 e. The molecule has 0 unspecified atom stereocenters. The SMILES string of the molecule is Cc1c(NC(=O)c2ccc(F)c(F)c2Cl)cc(F)cc1-c1nc2cc(Br)c(F)cc2o1. The number of nitrogens with one attached hydrogen (secondary N) is 1. The molecule has 0 aliphatic heterocycles. The Morgan fingerprint density at radius 2 is 1.84 bits per heavy atom. The van der Waals surface area contributed by atoms with Gasteiger partial charge in [-0.1, -0.05) is 11.6 Å². The molecule has 0 radical (unpaired) electrons. The van der Waals surface area contributed by atoms with Crippen LogP contribution in [0.3, 0.4) is 0 Å². The molecule has 0 saturated heterocycles. The van der Waals surface area contributed by atoms with Gasteiger partial charge in [-0.15, -0.1) is 0 Å². The summed E-state index contributed by atoms with van der Waals surface area (Å²) in [4.78, 5) is 16.8. The fraction of sp³-hybridized carbons (Fsp3) is 0.0476. The summed E-state index contributed by atoms with van der Waals surface area (Å²) in [7, 11) is 0. The van der Waals surface area contributed by atoms with Crippen molar-refractivity contribution in [1.82, 2.24) is 4.98 Å². The van der Waals surface area contributed by atoms with Crippen molar-refractivity contribution < 1.29 is 26.8 Å². The van der Waals surface area contributed by atoms with E-state index < -0.39 is 34.2 Å². The summed E-state index contributed by atoms with van der Waals surface area (Å²) in [5, 5.41) is 1.73. The van der Waals surface area contributed by atoms with Gasteiger partial charge in [0.15, 0.2) is 17.2 Å². The Kier molecular flexibility index (Phi) is 5.49. The first-order chi connectivity index (χ1) is 14.7. The maximum absolute atomic E-state index is 14.3. The molecule has 3 aromatic carbocycles. The minimum atomic E-state index is -1.36. The minimum absolute atomic E-state index is 0.00542. The third-order valence-electron chi connectivity index (χ3n) is 4.56. The van der Waals surface area contributed by atoms with Crippen LogP contribution in [-0.4, -0.2) is 10.9 Å². The van der Waals surface area contributed by atoms with Crippen LogP contribution in [0.1, 0.15) is 15.9 Å². The van der Waals surface area contributed by atoms with Crippen LogP contribution in [0.5, 0.6) is 0 Å². The van der Waals surface area contributed by atoms with Gasteiger partial charge in [-0.25, -0.2) is 22.5 Å². The quantitative estimate of drug-likeness (QED) is 0.236. The van der Waals surface area contributed by atoms with Crippen molar-refractivity contribution in [2.45, 2.75) is 6.92 Å². The molecule has 0 saturated carbocycles. The number of halogens is 6. The van der Waals surface area contributed by atoms with Gasteiger partial charge in [0.25, 0.3) is 5.91 Å². The number of rotatable bonds is 3. The average molecular weight is 514 g/mol. The molecule has 0 bridgehead atoms. The number of amides is 1. The normalized spacial score (nSPS) is 11.2. The molecule has 0 atom stereocenters. The van der Waals surface area contributed by atoms with E-state index in [2.05, 4.69) is 26.2 Å². The second-order valence-corrected chi connectivity index (χ2v) is 7.79. The Morgan fingerprint density at radius 3 is 2.58 bits per heavy atom. The van der Waals surface area contributed by atoms with E-state index >= 15 is 0 Å². The molecular formula is C21H10BrClF4N2O2. The Hall–Kier alpha value is -2.91. The van der Waals surface area contributed by atoms with Crippen molar-refractivity contribution in [1.29, 1.82) is 0 Å². The van der Waals surface area contributed by atoms with E-state index in [1.165, 1.54) is 6.07 Å². The Bertz CT molecular complexity index is 1330. The van der Waals surface area contributed by atoms with Crippen LogP contribution in [-0.2, 0) is 0 Å². The number of aromatic nitrogens is 1. The van der Waals surface area contributed by atoms with Crippen LogP contribution in [0.25, 0.3) is 22.6 Å². The number of oxazole rings is 1. The summed E-state index contributed by atoms with van der Waals surface area (Å²) >= 11 is 8.78. The molecule has 10 heteroatoms. The number of hydrogen-bond acceptors (Lipinski definition) is 3. The Morgan fingerprint density at radius 1 is 1.10 bits per heavy atom. The van der Waals surface area contributed by atoms with E-state index in [4.69, 9.17) is 16.0 Å². The third kappa shape index (κ3) is 3.90. The van der Waals surface area contributed by atoms with Crippen molar-refractivity contribution in [3.8, 4) is 11.5 Å². The van der Waals surface area contributed by atoms with Crippen molar-refractivity contribution in [2.24, 2.45) is 0 Å². The molecule has 1 aromatic heterocycles. The fourth-order valence-corrected chi connectivity index (χ4v) is 3.53. The van der Waals surface area contributed by atoms with Crippen LogP contribution in [0.15, 0.2) is 45.3 Å². The number of nitrogens with zero attached hydrogens (tertiary/aromatic N) is 1. The number of hydrogen-bond donors (Lipinski definition) is 1. The number of carbonyl (C=O) groups excluding carboxylic acids is 1. The molecule has 1 N–H and O–H groups in total. The highest BCUT2D eigenvalue weighted by Gasteiger charge is 2.21. The first kappa shape index (κ1) is 21.3. The summed E-state index contributed by atoms with van der Waals surface area (Å²) in [6, 6.07) is 6.52. The lowest BCUT2D eigenvalue weighted by molar-refractivity contribution is 0.102. The molecule has 0 fully saturated rings. The van der Waals surface area contributed by atoms with Crippen LogP contribution in [0.2, 0.25) is 5.02 Å². The number of fused-ring (bicyclic) bond motifs is 1. The first-order valence-corrected chi connectivity index (χ1v) is 9.83. The average Bonchev–Trinajstić information content (AvgIpc) is 3.11. The van der Waals surface area contributed by atoms with Gasteiger partial charge in [0.2, 0.25) is 5.89 Å². The number of benzene rings is 3. The molecule has 4 aromatic rings. The third-order valence-corrected chi connectivity index (χ3v) is 5.54. The van der Waals surface area contributed by atoms with Gasteiger partial charge in [-0.3, -0.25) is 4.79 Å². The van der Waals surface area contributed by atoms with Crippen LogP contribution in [0, 0.1) is 30.2 Å². The van der Waals surface area contributed by atoms with Gasteiger partial charge in [0.05, 0.1) is 15.1 Å². The second-order valence-electron chi connectivity index (χ2n) is 6.56. The summed E-state index contributed by atoms with van der Waals surface area (Å²) in [6.07, 6.45) is 0. The maximum atomic E-state index is 14.3. The lowest BCUT2D eigenvalue weighted by Gasteiger charge is -2.12. The van der Waals surface area contributed by atoms with E-state index in [1.807, 2.05) is 0 Å². The minimum Gasteiger partial charge on any atom is -0.436 e. The lowest BCUT2D eigenvalue weighted by Crippen LogP contribution is -2.14. The molecule has 0 aliphatic rings. The molecule has 31 heavy (non-hydrogen) atoms. The Balaban J connectivity index is 1.75. The molecule has 0 aliphatic carbocycles. The monoisotopic (exact) mass is 512 g/mol. The molecule has 4 nitrogen and oxygen atoms in total. The van der Waals surface area contributed by atoms with Gasteiger partial charge in [-0.2, -0.15) is 0 Å². The fourth-order valence-electron chi connectivity index (χ4n) is 2.96. The summed E-state index contributed by atoms with van der Waals surface area (Å²) in [5.41, 5.74) is 0.784. The van der Waals surface area contributed by atoms with E-state index in [1.54, 1.807) is 6.92 Å². The van der Waals surface area contributed by atoms with Crippen LogP contribution < -0.4 is 5.32 Å². The standard InChI is InChI=1S/C21H10BrClF4N2O2/c1-8-11(21-29-16-6-12(22)14(26)7-17(16)31-21)4-9(24)5-15(8)28-20(30)10-2-3-13(25)19(27)18(10)23/h2-7H,1H3,(H,28,30). The van der Waals surface area contributed by atoms with Crippen molar-refractivity contribution in [2.75, 3.05) is 5.32 Å². The van der Waals surface area contributed by atoms with Crippen molar-refractivity contribution in [3.05, 3.63) is 80.3 Å². The molecule has 4 rings (SSSR count). The summed E-state index contributed by atoms with van der Waals surface area (Å²) < 4.78 is 60.7. The van der Waals surface area contributed by atoms with Gasteiger partial charge < -0.3 is 9.73 Å². The van der Waals surface area contributed by atoms with E-state index in [0.717, 1.165) is 30.3 Å². The summed E-state index contributed by atoms with van der Waals surface area (Å²) in [5.74, 6) is -4.71. The van der Waals surface area contributed by atoms with Crippen LogP contribution >= 0.6 is 27.5 Å². The van der Waals surface area contributed by atoms with Crippen molar-refractivity contribution in [3.63, 3.8) is 0 Å². The molecule has 158 valence electrons. The topological polar surface area (TPSA) is 55.1 Å². The molecule has 1 heterocycles. The van der Waals surface area contributed by atoms with Gasteiger partial charge in [0.1, 0.15) is 17.2 Å². The molecular weight excluding hydrogens is 504 g/mol. The zero-order chi connectivity index (χ0) is 22.4. The predicted octanol–water partition coefficient (Wildman–Crippen LogP) is 7.03. The number of carbonyl (C=O) groups is 1. The molecule has 0 spiro atoms. The highest BCUT2D eigenvalue weighted by molar-refractivity contribution is 9.10. The highest BCUT2D eigenvalue weighted by Crippen LogP contribution is 2.34. The molecule has 1 amide bonds. The van der Waals surface area contributed by atoms with Gasteiger partial charge in [0, 0.05) is 17.3 Å².